The number of hydrogen-bond donors (Lipinski definition) is 1. The molecule has 0 aliphatic heterocycles. The molecule has 0 spiro atoms. The van der Waals surface area contributed by atoms with E-state index in [1.54, 1.807) is 24.1 Å². The first kappa shape index (κ1) is 16.7. The van der Waals surface area contributed by atoms with Crippen molar-refractivity contribution in [3.63, 3.8) is 0 Å². The summed E-state index contributed by atoms with van der Waals surface area (Å²) in [5, 5.41) is 9.60. The Morgan fingerprint density at radius 2 is 1.88 bits per heavy atom. The zero-order valence-electron chi connectivity index (χ0n) is 13.9. The average Bonchev–Trinajstić information content (AvgIpc) is 3.37. The molecule has 0 aromatic heterocycles. The van der Waals surface area contributed by atoms with Crippen LogP contribution in [0, 0.1) is 11.7 Å². The molecule has 1 saturated carbocycles. The minimum atomic E-state index is -0.736. The van der Waals surface area contributed by atoms with Gasteiger partial charge in [-0.1, -0.05) is 42.5 Å². The fourth-order valence-corrected chi connectivity index (χ4v) is 3.48. The minimum absolute atomic E-state index is 0.0236. The Morgan fingerprint density at radius 1 is 1.25 bits per heavy atom. The highest BCUT2D eigenvalue weighted by molar-refractivity contribution is 5.92. The van der Waals surface area contributed by atoms with E-state index in [-0.39, 0.29) is 30.3 Å². The van der Waals surface area contributed by atoms with Crippen LogP contribution in [-0.2, 0) is 10.2 Å². The van der Waals surface area contributed by atoms with Crippen LogP contribution in [0.2, 0.25) is 0 Å². The van der Waals surface area contributed by atoms with Gasteiger partial charge in [-0.25, -0.2) is 4.39 Å². The van der Waals surface area contributed by atoms with Gasteiger partial charge in [-0.3, -0.25) is 4.79 Å². The van der Waals surface area contributed by atoms with Crippen molar-refractivity contribution in [1.29, 1.82) is 0 Å². The van der Waals surface area contributed by atoms with Crippen LogP contribution in [0.25, 0.3) is 0 Å². The summed E-state index contributed by atoms with van der Waals surface area (Å²) in [5.41, 5.74) is 1.10. The Morgan fingerprint density at radius 3 is 2.42 bits per heavy atom. The molecule has 1 fully saturated rings. The first-order valence-electron chi connectivity index (χ1n) is 8.20. The molecular weight excluding hydrogens is 305 g/mol. The summed E-state index contributed by atoms with van der Waals surface area (Å²) in [6, 6.07) is 15.8. The molecule has 1 amide bonds. The summed E-state index contributed by atoms with van der Waals surface area (Å²) >= 11 is 0. The van der Waals surface area contributed by atoms with E-state index in [2.05, 4.69) is 0 Å². The van der Waals surface area contributed by atoms with E-state index in [0.29, 0.717) is 6.42 Å². The number of halogens is 1. The van der Waals surface area contributed by atoms with Crippen molar-refractivity contribution >= 4 is 5.91 Å². The van der Waals surface area contributed by atoms with E-state index in [1.807, 2.05) is 37.3 Å². The van der Waals surface area contributed by atoms with Gasteiger partial charge < -0.3 is 10.0 Å². The molecule has 3 rings (SSSR count). The van der Waals surface area contributed by atoms with Crippen LogP contribution in [0.5, 0.6) is 0 Å². The summed E-state index contributed by atoms with van der Waals surface area (Å²) < 4.78 is 13.2. The molecule has 3 atom stereocenters. The second-order valence-electron chi connectivity index (χ2n) is 6.56. The van der Waals surface area contributed by atoms with Crippen molar-refractivity contribution in [2.24, 2.45) is 5.92 Å². The van der Waals surface area contributed by atoms with Crippen LogP contribution in [0.3, 0.4) is 0 Å². The van der Waals surface area contributed by atoms with Gasteiger partial charge in [0.2, 0.25) is 5.91 Å². The zero-order chi connectivity index (χ0) is 17.3. The Bertz CT molecular complexity index is 716. The Kier molecular flexibility index (Phi) is 4.41. The normalized spacial score (nSPS) is 23.6. The fraction of sp³-hybridized carbons (Fsp3) is 0.350. The lowest BCUT2D eigenvalue weighted by atomic mass is 9.90. The monoisotopic (exact) mass is 327 g/mol. The van der Waals surface area contributed by atoms with Gasteiger partial charge in [0.05, 0.1) is 11.5 Å². The van der Waals surface area contributed by atoms with E-state index < -0.39 is 5.41 Å². The fourth-order valence-electron chi connectivity index (χ4n) is 3.48. The minimum Gasteiger partial charge on any atom is -0.396 e. The number of rotatable bonds is 5. The predicted molar refractivity (Wildman–Crippen MR) is 90.9 cm³/mol. The van der Waals surface area contributed by atoms with Crippen molar-refractivity contribution in [2.45, 2.75) is 24.8 Å². The molecule has 2 aromatic carbocycles. The van der Waals surface area contributed by atoms with E-state index >= 15 is 0 Å². The summed E-state index contributed by atoms with van der Waals surface area (Å²) in [6.07, 6.45) is 0.597. The average molecular weight is 327 g/mol. The summed E-state index contributed by atoms with van der Waals surface area (Å²) in [7, 11) is 1.79. The molecule has 2 aromatic rings. The van der Waals surface area contributed by atoms with Crippen LogP contribution in [0.1, 0.15) is 30.5 Å². The smallest absolute Gasteiger partial charge is 0.233 e. The highest BCUT2D eigenvalue weighted by Crippen LogP contribution is 2.55. The molecule has 1 N–H and O–H groups in total. The third-order valence-corrected chi connectivity index (χ3v) is 5.25. The number of likely N-dealkylation sites (N-methyl/N-ethyl adjacent to an activating group) is 1. The van der Waals surface area contributed by atoms with Crippen LogP contribution in [0.4, 0.5) is 4.39 Å². The van der Waals surface area contributed by atoms with Crippen LogP contribution in [-0.4, -0.2) is 29.6 Å². The number of amides is 1. The predicted octanol–water partition coefficient (Wildman–Crippen LogP) is 3.30. The molecule has 1 unspecified atom stereocenters. The zero-order valence-corrected chi connectivity index (χ0v) is 13.9. The van der Waals surface area contributed by atoms with E-state index in [1.165, 1.54) is 12.1 Å². The first-order chi connectivity index (χ1) is 11.5. The maximum absolute atomic E-state index is 13.2. The van der Waals surface area contributed by atoms with Crippen molar-refractivity contribution in [3.05, 3.63) is 71.5 Å². The molecule has 24 heavy (non-hydrogen) atoms. The number of benzene rings is 2. The molecule has 4 heteroatoms. The number of carbonyl (C=O) groups is 1. The second-order valence-corrected chi connectivity index (χ2v) is 6.56. The quantitative estimate of drug-likeness (QED) is 0.915. The van der Waals surface area contributed by atoms with E-state index in [9.17, 15) is 14.3 Å². The molecular formula is C20H22FNO2. The third-order valence-electron chi connectivity index (χ3n) is 5.25. The van der Waals surface area contributed by atoms with Crippen LogP contribution >= 0.6 is 0 Å². The Labute approximate surface area is 141 Å². The van der Waals surface area contributed by atoms with Crippen molar-refractivity contribution in [2.75, 3.05) is 13.7 Å². The van der Waals surface area contributed by atoms with Gasteiger partial charge in [0.15, 0.2) is 0 Å². The Balaban J connectivity index is 1.89. The first-order valence-corrected chi connectivity index (χ1v) is 8.20. The number of hydrogen-bond acceptors (Lipinski definition) is 2. The van der Waals surface area contributed by atoms with Gasteiger partial charge >= 0.3 is 0 Å². The second kappa shape index (κ2) is 6.36. The molecule has 1 aliphatic rings. The van der Waals surface area contributed by atoms with Gasteiger partial charge in [-0.05, 0) is 36.6 Å². The maximum Gasteiger partial charge on any atom is 0.233 e. The number of aliphatic hydroxyl groups excluding tert-OH is 1. The van der Waals surface area contributed by atoms with Crippen LogP contribution < -0.4 is 0 Å². The van der Waals surface area contributed by atoms with Crippen molar-refractivity contribution in [1.82, 2.24) is 4.90 Å². The molecule has 126 valence electrons. The summed E-state index contributed by atoms with van der Waals surface area (Å²) in [5.74, 6) is -0.459. The summed E-state index contributed by atoms with van der Waals surface area (Å²) in [4.78, 5) is 14.9. The lowest BCUT2D eigenvalue weighted by Gasteiger charge is -2.30. The topological polar surface area (TPSA) is 40.5 Å². The van der Waals surface area contributed by atoms with Crippen molar-refractivity contribution in [3.8, 4) is 0 Å². The largest absolute Gasteiger partial charge is 0.396 e. The lowest BCUT2D eigenvalue weighted by Crippen LogP contribution is -2.39. The third kappa shape index (κ3) is 2.71. The van der Waals surface area contributed by atoms with Gasteiger partial charge in [-0.15, -0.1) is 0 Å². The van der Waals surface area contributed by atoms with Crippen molar-refractivity contribution < 1.29 is 14.3 Å². The highest BCUT2D eigenvalue weighted by Gasteiger charge is 2.61. The summed E-state index contributed by atoms with van der Waals surface area (Å²) in [6.45, 7) is 1.94. The lowest BCUT2D eigenvalue weighted by molar-refractivity contribution is -0.135. The van der Waals surface area contributed by atoms with Gasteiger partial charge in [0.25, 0.3) is 0 Å². The molecule has 0 heterocycles. The number of carbonyl (C=O) groups excluding carboxylic acids is 1. The van der Waals surface area contributed by atoms with Gasteiger partial charge in [-0.2, -0.15) is 0 Å². The molecule has 0 radical (unpaired) electrons. The van der Waals surface area contributed by atoms with E-state index in [4.69, 9.17) is 0 Å². The standard InChI is InChI=1S/C20H22FNO2/c1-14(15-6-4-3-5-7-15)22(2)19(24)20(12-17(20)13-23)16-8-10-18(21)11-9-16/h3-11,14,17,23H,12-13H2,1-2H3/t14?,17-,20+/m0/s1. The SMILES string of the molecule is CC(c1ccccc1)N(C)C(=O)[C@@]1(c2ccc(F)cc2)C[C@H]1CO. The highest BCUT2D eigenvalue weighted by atomic mass is 19.1. The molecule has 3 nitrogen and oxygen atoms in total. The van der Waals surface area contributed by atoms with Crippen LogP contribution in [0.15, 0.2) is 54.6 Å². The molecule has 0 saturated heterocycles. The number of nitrogens with zero attached hydrogens (tertiary/aromatic N) is 1. The Hall–Kier alpha value is -2.20. The van der Waals surface area contributed by atoms with Gasteiger partial charge in [0, 0.05) is 19.6 Å². The number of aliphatic hydroxyl groups is 1. The maximum atomic E-state index is 13.2. The molecule has 0 bridgehead atoms. The molecule has 1 aliphatic carbocycles. The van der Waals surface area contributed by atoms with Gasteiger partial charge in [0.1, 0.15) is 5.82 Å². The van der Waals surface area contributed by atoms with E-state index in [0.717, 1.165) is 11.1 Å².